The summed E-state index contributed by atoms with van der Waals surface area (Å²) in [5.41, 5.74) is 0. The van der Waals surface area contributed by atoms with Gasteiger partial charge in [0.05, 0.1) is 6.10 Å². The number of piperidine rings is 1. The van der Waals surface area contributed by atoms with Crippen LogP contribution in [0.25, 0.3) is 0 Å². The fourth-order valence-electron chi connectivity index (χ4n) is 3.75. The lowest BCUT2D eigenvalue weighted by atomic mass is 9.99. The molecular formula is C19H28N2O3. The molecule has 2 fully saturated rings. The minimum atomic E-state index is -0.461. The van der Waals surface area contributed by atoms with Crippen molar-refractivity contribution >= 4 is 5.91 Å². The van der Waals surface area contributed by atoms with Crippen LogP contribution < -0.4 is 4.74 Å². The standard InChI is InChI=1S/C19H28N2O3/c22-18-14-21(19(23)15-24-16-8-4-3-5-9-16)13-10-17(18)20-11-6-1-2-7-12-20/h3-5,8-9,17-18,22H,1-2,6-7,10-15H2/t17-,18-/m1/s1. The minimum absolute atomic E-state index is 0.0329. The van der Waals surface area contributed by atoms with Gasteiger partial charge in [-0.2, -0.15) is 0 Å². The van der Waals surface area contributed by atoms with E-state index in [1.54, 1.807) is 4.90 Å². The van der Waals surface area contributed by atoms with Crippen molar-refractivity contribution in [2.45, 2.75) is 44.2 Å². The highest BCUT2D eigenvalue weighted by atomic mass is 16.5. The van der Waals surface area contributed by atoms with Crippen LogP contribution in [0.15, 0.2) is 30.3 Å². The van der Waals surface area contributed by atoms with E-state index in [1.807, 2.05) is 30.3 Å². The highest BCUT2D eigenvalue weighted by molar-refractivity contribution is 5.78. The Morgan fingerprint density at radius 3 is 2.46 bits per heavy atom. The second-order valence-corrected chi connectivity index (χ2v) is 6.82. The summed E-state index contributed by atoms with van der Waals surface area (Å²) < 4.78 is 5.53. The molecule has 0 aliphatic carbocycles. The van der Waals surface area contributed by atoms with Crippen molar-refractivity contribution in [2.75, 3.05) is 32.8 Å². The van der Waals surface area contributed by atoms with Crippen LogP contribution in [0.3, 0.4) is 0 Å². The van der Waals surface area contributed by atoms with E-state index in [-0.39, 0.29) is 18.6 Å². The molecule has 1 aromatic carbocycles. The van der Waals surface area contributed by atoms with Crippen LogP contribution in [-0.4, -0.2) is 65.7 Å². The maximum atomic E-state index is 12.3. The van der Waals surface area contributed by atoms with Gasteiger partial charge in [0.25, 0.3) is 5.91 Å². The number of β-amino-alcohol motifs (C(OH)–C–C–N with tert-alkyl or cyclic N) is 1. The first-order chi connectivity index (χ1) is 11.7. The van der Waals surface area contributed by atoms with Crippen molar-refractivity contribution in [3.63, 3.8) is 0 Å². The average Bonchev–Trinajstić information content (AvgIpc) is 2.89. The molecule has 0 spiro atoms. The van der Waals surface area contributed by atoms with Gasteiger partial charge in [0.2, 0.25) is 0 Å². The van der Waals surface area contributed by atoms with E-state index in [4.69, 9.17) is 4.74 Å². The summed E-state index contributed by atoms with van der Waals surface area (Å²) in [6, 6.07) is 9.56. The summed E-state index contributed by atoms with van der Waals surface area (Å²) >= 11 is 0. The first kappa shape index (κ1) is 17.2. The molecule has 24 heavy (non-hydrogen) atoms. The molecule has 1 aromatic rings. The largest absolute Gasteiger partial charge is 0.484 e. The third kappa shape index (κ3) is 4.48. The lowest BCUT2D eigenvalue weighted by Crippen LogP contribution is -2.56. The minimum Gasteiger partial charge on any atom is -0.484 e. The Hall–Kier alpha value is -1.59. The number of benzene rings is 1. The number of likely N-dealkylation sites (tertiary alicyclic amines) is 2. The number of hydrogen-bond donors (Lipinski definition) is 1. The Kier molecular flexibility index (Phi) is 6.10. The number of nitrogens with zero attached hydrogens (tertiary/aromatic N) is 2. The normalized spacial score (nSPS) is 26.0. The van der Waals surface area contributed by atoms with Gasteiger partial charge in [-0.15, -0.1) is 0 Å². The van der Waals surface area contributed by atoms with E-state index in [2.05, 4.69) is 4.90 Å². The van der Waals surface area contributed by atoms with Crippen LogP contribution >= 0.6 is 0 Å². The van der Waals surface area contributed by atoms with Crippen LogP contribution in [0.1, 0.15) is 32.1 Å². The Bertz CT molecular complexity index is 515. The monoisotopic (exact) mass is 332 g/mol. The quantitative estimate of drug-likeness (QED) is 0.915. The van der Waals surface area contributed by atoms with Crippen molar-refractivity contribution in [1.29, 1.82) is 0 Å². The zero-order chi connectivity index (χ0) is 16.8. The molecule has 2 aliphatic heterocycles. The lowest BCUT2D eigenvalue weighted by molar-refractivity contribution is -0.138. The van der Waals surface area contributed by atoms with Gasteiger partial charge >= 0.3 is 0 Å². The topological polar surface area (TPSA) is 53.0 Å². The molecule has 5 nitrogen and oxygen atoms in total. The number of para-hydroxylation sites is 1. The molecule has 132 valence electrons. The summed E-state index contributed by atoms with van der Waals surface area (Å²) in [5, 5.41) is 10.5. The van der Waals surface area contributed by atoms with Crippen molar-refractivity contribution in [2.24, 2.45) is 0 Å². The van der Waals surface area contributed by atoms with Gasteiger partial charge in [-0.25, -0.2) is 0 Å². The predicted octanol–water partition coefficient (Wildman–Crippen LogP) is 1.90. The van der Waals surface area contributed by atoms with E-state index in [0.717, 1.165) is 19.5 Å². The third-order valence-electron chi connectivity index (χ3n) is 5.11. The maximum Gasteiger partial charge on any atom is 0.260 e. The van der Waals surface area contributed by atoms with Crippen molar-refractivity contribution in [1.82, 2.24) is 9.80 Å². The van der Waals surface area contributed by atoms with Crippen LogP contribution in [-0.2, 0) is 4.79 Å². The van der Waals surface area contributed by atoms with Crippen LogP contribution in [0.2, 0.25) is 0 Å². The highest BCUT2D eigenvalue weighted by Crippen LogP contribution is 2.21. The SMILES string of the molecule is O=C(COc1ccccc1)N1CC[C@@H](N2CCCCCC2)[C@H](O)C1. The van der Waals surface area contributed by atoms with Gasteiger partial charge in [-0.1, -0.05) is 31.0 Å². The van der Waals surface area contributed by atoms with Crippen molar-refractivity contribution in [3.05, 3.63) is 30.3 Å². The number of carbonyl (C=O) groups excluding carboxylic acids is 1. The number of aliphatic hydroxyl groups is 1. The summed E-state index contributed by atoms with van der Waals surface area (Å²) in [5.74, 6) is 0.651. The molecule has 2 atom stereocenters. The zero-order valence-corrected chi connectivity index (χ0v) is 14.3. The molecule has 2 saturated heterocycles. The molecule has 1 amide bonds. The van der Waals surface area contributed by atoms with Gasteiger partial charge in [0, 0.05) is 19.1 Å². The summed E-state index contributed by atoms with van der Waals surface area (Å²) in [6.07, 6.45) is 5.41. The molecule has 0 saturated carbocycles. The lowest BCUT2D eigenvalue weighted by Gasteiger charge is -2.41. The Morgan fingerprint density at radius 1 is 1.08 bits per heavy atom. The fourth-order valence-corrected chi connectivity index (χ4v) is 3.75. The molecule has 0 unspecified atom stereocenters. The van der Waals surface area contributed by atoms with E-state index >= 15 is 0 Å². The molecule has 1 N–H and O–H groups in total. The summed E-state index contributed by atoms with van der Waals surface area (Å²) in [6.45, 7) is 3.30. The molecule has 0 bridgehead atoms. The van der Waals surface area contributed by atoms with E-state index in [0.29, 0.717) is 18.8 Å². The number of aliphatic hydroxyl groups excluding tert-OH is 1. The Labute approximate surface area is 144 Å². The summed E-state index contributed by atoms with van der Waals surface area (Å²) in [7, 11) is 0. The first-order valence-electron chi connectivity index (χ1n) is 9.12. The Morgan fingerprint density at radius 2 is 1.79 bits per heavy atom. The number of hydrogen-bond acceptors (Lipinski definition) is 4. The smallest absolute Gasteiger partial charge is 0.260 e. The average molecular weight is 332 g/mol. The van der Waals surface area contributed by atoms with Crippen molar-refractivity contribution in [3.8, 4) is 5.75 Å². The van der Waals surface area contributed by atoms with Gasteiger partial charge < -0.3 is 14.7 Å². The second kappa shape index (κ2) is 8.49. The molecule has 0 radical (unpaired) electrons. The first-order valence-corrected chi connectivity index (χ1v) is 9.12. The maximum absolute atomic E-state index is 12.3. The zero-order valence-electron chi connectivity index (χ0n) is 14.3. The molecular weight excluding hydrogens is 304 g/mol. The molecule has 2 aliphatic rings. The van der Waals surface area contributed by atoms with E-state index < -0.39 is 6.10 Å². The number of rotatable bonds is 4. The van der Waals surface area contributed by atoms with Crippen LogP contribution in [0.5, 0.6) is 5.75 Å². The van der Waals surface area contributed by atoms with Gasteiger partial charge in [-0.3, -0.25) is 9.69 Å². The highest BCUT2D eigenvalue weighted by Gasteiger charge is 2.33. The molecule has 5 heteroatoms. The second-order valence-electron chi connectivity index (χ2n) is 6.82. The van der Waals surface area contributed by atoms with Gasteiger partial charge in [-0.05, 0) is 44.5 Å². The van der Waals surface area contributed by atoms with Crippen molar-refractivity contribution < 1.29 is 14.6 Å². The molecule has 0 aromatic heterocycles. The Balaban J connectivity index is 1.48. The van der Waals surface area contributed by atoms with Gasteiger partial charge in [0.15, 0.2) is 6.61 Å². The van der Waals surface area contributed by atoms with Crippen LogP contribution in [0, 0.1) is 0 Å². The fraction of sp³-hybridized carbons (Fsp3) is 0.632. The number of ether oxygens (including phenoxy) is 1. The molecule has 2 heterocycles. The van der Waals surface area contributed by atoms with E-state index in [9.17, 15) is 9.90 Å². The summed E-state index contributed by atoms with van der Waals surface area (Å²) in [4.78, 5) is 16.5. The van der Waals surface area contributed by atoms with Crippen LogP contribution in [0.4, 0.5) is 0 Å². The number of amides is 1. The van der Waals surface area contributed by atoms with E-state index in [1.165, 1.54) is 25.7 Å². The predicted molar refractivity (Wildman–Crippen MR) is 93.0 cm³/mol. The molecule has 3 rings (SSSR count). The number of carbonyl (C=O) groups is 1. The third-order valence-corrected chi connectivity index (χ3v) is 5.11. The van der Waals surface area contributed by atoms with Gasteiger partial charge in [0.1, 0.15) is 5.75 Å².